The first-order chi connectivity index (χ1) is 13.0. The molecule has 0 spiro atoms. The van der Waals surface area contributed by atoms with E-state index in [0.717, 1.165) is 0 Å². The highest BCUT2D eigenvalue weighted by atomic mass is 19.4. The fourth-order valence-electron chi connectivity index (χ4n) is 2.68. The van der Waals surface area contributed by atoms with Crippen LogP contribution in [0.1, 0.15) is 22.8 Å². The first-order valence-electron chi connectivity index (χ1n) is 7.88. The first kappa shape index (κ1) is 19.4. The summed E-state index contributed by atoms with van der Waals surface area (Å²) >= 11 is 0. The van der Waals surface area contributed by atoms with E-state index in [1.807, 2.05) is 0 Å². The van der Waals surface area contributed by atoms with Crippen LogP contribution in [0.15, 0.2) is 48.3 Å². The highest BCUT2D eigenvalue weighted by Crippen LogP contribution is 2.38. The number of allylic oxidation sites excluding steroid dienone is 1. The van der Waals surface area contributed by atoms with Gasteiger partial charge in [-0.05, 0) is 35.6 Å². The number of nitrogens with zero attached hydrogens (tertiary/aromatic N) is 4. The molecule has 1 amide bonds. The van der Waals surface area contributed by atoms with Crippen LogP contribution < -0.4 is 5.43 Å². The number of hydrazine groups is 1. The molecular weight excluding hydrogens is 383 g/mol. The topological polar surface area (TPSA) is 114 Å². The Hall–Kier alpha value is -3.41. The lowest BCUT2D eigenvalue weighted by Crippen LogP contribution is -2.60. The summed E-state index contributed by atoms with van der Waals surface area (Å²) < 4.78 is 41.0. The van der Waals surface area contributed by atoms with E-state index in [2.05, 4.69) is 10.5 Å². The van der Waals surface area contributed by atoms with Crippen molar-refractivity contribution in [3.05, 3.63) is 69.5 Å². The average molecular weight is 397 g/mol. The molecule has 148 valence electrons. The van der Waals surface area contributed by atoms with Gasteiger partial charge in [-0.1, -0.05) is 12.1 Å². The maximum absolute atomic E-state index is 13.2. The van der Waals surface area contributed by atoms with Crippen molar-refractivity contribution < 1.29 is 28.0 Å². The van der Waals surface area contributed by atoms with Crippen LogP contribution in [0.3, 0.4) is 0 Å². The van der Waals surface area contributed by atoms with E-state index in [-0.39, 0.29) is 28.6 Å². The Labute approximate surface area is 155 Å². The molecule has 12 heteroatoms. The van der Waals surface area contributed by atoms with Crippen LogP contribution >= 0.6 is 0 Å². The van der Waals surface area contributed by atoms with Gasteiger partial charge in [-0.3, -0.25) is 10.2 Å². The van der Waals surface area contributed by atoms with Crippen molar-refractivity contribution in [3.8, 4) is 0 Å². The van der Waals surface area contributed by atoms with Gasteiger partial charge in [0.05, 0.1) is 23.9 Å². The van der Waals surface area contributed by atoms with Gasteiger partial charge in [-0.2, -0.15) is 17.9 Å². The number of halogens is 3. The molecule has 1 aromatic heterocycles. The molecule has 0 saturated carbocycles. The molecule has 2 N–H and O–H groups in total. The van der Waals surface area contributed by atoms with E-state index in [4.69, 9.17) is 0 Å². The molecule has 1 aromatic carbocycles. The SMILES string of the molecule is CC1=CC(O)(C(F)(F)F)N(C(=O)c2ccc(Cn3ccc([N+](=O)[O-])n3)cc2)N1. The number of hydrogen-bond acceptors (Lipinski definition) is 6. The summed E-state index contributed by atoms with van der Waals surface area (Å²) in [7, 11) is 0. The number of aromatic nitrogens is 2. The summed E-state index contributed by atoms with van der Waals surface area (Å²) in [5, 5.41) is 24.5. The largest absolute Gasteiger partial charge is 0.442 e. The van der Waals surface area contributed by atoms with Gasteiger partial charge in [0.1, 0.15) is 0 Å². The smallest absolute Gasteiger partial charge is 0.359 e. The van der Waals surface area contributed by atoms with Crippen molar-refractivity contribution in [1.82, 2.24) is 20.2 Å². The van der Waals surface area contributed by atoms with Crippen molar-refractivity contribution >= 4 is 11.7 Å². The number of aliphatic hydroxyl groups is 1. The van der Waals surface area contributed by atoms with Crippen LogP contribution in [0.25, 0.3) is 0 Å². The van der Waals surface area contributed by atoms with Crippen LogP contribution in [0.5, 0.6) is 0 Å². The normalized spacial score (nSPS) is 19.3. The minimum Gasteiger partial charge on any atom is -0.359 e. The fourth-order valence-corrected chi connectivity index (χ4v) is 2.68. The Morgan fingerprint density at radius 1 is 1.32 bits per heavy atom. The van der Waals surface area contributed by atoms with Gasteiger partial charge in [-0.25, -0.2) is 5.01 Å². The summed E-state index contributed by atoms with van der Waals surface area (Å²) in [6, 6.07) is 6.77. The Kier molecular flexibility index (Phi) is 4.59. The minimum atomic E-state index is -5.10. The van der Waals surface area contributed by atoms with Crippen LogP contribution in [0.4, 0.5) is 19.0 Å². The number of amides is 1. The maximum atomic E-state index is 13.2. The van der Waals surface area contributed by atoms with Crippen molar-refractivity contribution in [1.29, 1.82) is 0 Å². The molecule has 0 radical (unpaired) electrons. The number of rotatable bonds is 4. The second-order valence-corrected chi connectivity index (χ2v) is 6.13. The third-order valence-electron chi connectivity index (χ3n) is 4.03. The van der Waals surface area contributed by atoms with Crippen LogP contribution in [-0.2, 0) is 6.54 Å². The molecule has 28 heavy (non-hydrogen) atoms. The number of hydrogen-bond donors (Lipinski definition) is 2. The van der Waals surface area contributed by atoms with E-state index in [1.54, 1.807) is 0 Å². The number of carbonyl (C=O) groups is 1. The number of benzene rings is 1. The predicted octanol–water partition coefficient (Wildman–Crippen LogP) is 1.95. The molecule has 3 rings (SSSR count). The molecular formula is C16H14F3N5O4. The van der Waals surface area contributed by atoms with Crippen molar-refractivity contribution in [3.63, 3.8) is 0 Å². The first-order valence-corrected chi connectivity index (χ1v) is 7.88. The molecule has 0 fully saturated rings. The van der Waals surface area contributed by atoms with E-state index in [0.29, 0.717) is 11.6 Å². The Morgan fingerprint density at radius 3 is 2.50 bits per heavy atom. The Morgan fingerprint density at radius 2 is 1.96 bits per heavy atom. The number of carbonyl (C=O) groups excluding carboxylic acids is 1. The highest BCUT2D eigenvalue weighted by Gasteiger charge is 2.61. The molecule has 2 aromatic rings. The fraction of sp³-hybridized carbons (Fsp3) is 0.250. The van der Waals surface area contributed by atoms with Gasteiger partial charge >= 0.3 is 12.0 Å². The highest BCUT2D eigenvalue weighted by molar-refractivity contribution is 5.95. The van der Waals surface area contributed by atoms with Crippen LogP contribution in [-0.4, -0.2) is 42.6 Å². The molecule has 1 unspecified atom stereocenters. The van der Waals surface area contributed by atoms with Crippen LogP contribution in [0.2, 0.25) is 0 Å². The molecule has 2 heterocycles. The zero-order chi connectivity index (χ0) is 20.7. The molecule has 1 aliphatic heterocycles. The molecule has 0 bridgehead atoms. The lowest BCUT2D eigenvalue weighted by molar-refractivity contribution is -0.389. The molecule has 1 atom stereocenters. The van der Waals surface area contributed by atoms with Gasteiger partial charge in [0.25, 0.3) is 11.6 Å². The maximum Gasteiger partial charge on any atom is 0.442 e. The second kappa shape index (κ2) is 6.64. The van der Waals surface area contributed by atoms with Gasteiger partial charge in [-0.15, -0.1) is 0 Å². The number of nitro groups is 1. The zero-order valence-electron chi connectivity index (χ0n) is 14.3. The standard InChI is InChI=1S/C16H14F3N5O4/c1-10-8-15(26,16(17,18)19)23(20-10)14(25)12-4-2-11(3-5-12)9-22-7-6-13(21-22)24(27)28/h2-8,20,26H,9H2,1H3. The summed E-state index contributed by atoms with van der Waals surface area (Å²) in [6.45, 7) is 1.45. The van der Waals surface area contributed by atoms with Gasteiger partial charge in [0.15, 0.2) is 0 Å². The van der Waals surface area contributed by atoms with Crippen molar-refractivity contribution in [2.24, 2.45) is 0 Å². The van der Waals surface area contributed by atoms with Gasteiger partial charge < -0.3 is 15.2 Å². The summed E-state index contributed by atoms with van der Waals surface area (Å²) in [5.74, 6) is -1.39. The van der Waals surface area contributed by atoms with Crippen LogP contribution in [0, 0.1) is 10.1 Å². The monoisotopic (exact) mass is 397 g/mol. The molecule has 9 nitrogen and oxygen atoms in total. The van der Waals surface area contributed by atoms with E-state index >= 15 is 0 Å². The van der Waals surface area contributed by atoms with E-state index < -0.39 is 22.7 Å². The number of alkyl halides is 3. The number of nitrogens with one attached hydrogen (secondary N) is 1. The van der Waals surface area contributed by atoms with Gasteiger partial charge in [0.2, 0.25) is 0 Å². The predicted molar refractivity (Wildman–Crippen MR) is 88.5 cm³/mol. The summed E-state index contributed by atoms with van der Waals surface area (Å²) in [4.78, 5) is 22.5. The Bertz CT molecular complexity index is 954. The van der Waals surface area contributed by atoms with Crippen molar-refractivity contribution in [2.45, 2.75) is 25.4 Å². The second-order valence-electron chi connectivity index (χ2n) is 6.13. The molecule has 0 saturated heterocycles. The molecule has 1 aliphatic rings. The minimum absolute atomic E-state index is 0.0231. The molecule has 0 aliphatic carbocycles. The van der Waals surface area contributed by atoms with E-state index in [1.165, 1.54) is 48.1 Å². The third-order valence-corrected chi connectivity index (χ3v) is 4.03. The lowest BCUT2D eigenvalue weighted by atomic mass is 10.1. The third kappa shape index (κ3) is 3.41. The van der Waals surface area contributed by atoms with E-state index in [9.17, 15) is 33.2 Å². The Balaban J connectivity index is 1.77. The summed E-state index contributed by atoms with van der Waals surface area (Å²) in [5.41, 5.74) is -0.741. The van der Waals surface area contributed by atoms with Crippen molar-refractivity contribution in [2.75, 3.05) is 0 Å². The summed E-state index contributed by atoms with van der Waals surface area (Å²) in [6.07, 6.45) is -3.17. The average Bonchev–Trinajstić information content (AvgIpc) is 3.19. The zero-order valence-corrected chi connectivity index (χ0v) is 14.3. The van der Waals surface area contributed by atoms with Gasteiger partial charge in [0, 0.05) is 11.3 Å². The lowest BCUT2D eigenvalue weighted by Gasteiger charge is -2.33. The quantitative estimate of drug-likeness (QED) is 0.602.